The van der Waals surface area contributed by atoms with Gasteiger partial charge in [-0.2, -0.15) is 0 Å². The first kappa shape index (κ1) is 22.9. The zero-order valence-corrected chi connectivity index (χ0v) is 20.2. The molecule has 9 heteroatoms. The summed E-state index contributed by atoms with van der Waals surface area (Å²) in [6, 6.07) is 11.3. The third-order valence-corrected chi connectivity index (χ3v) is 7.35. The third kappa shape index (κ3) is 4.97. The van der Waals surface area contributed by atoms with E-state index in [9.17, 15) is 9.59 Å². The number of piperazine rings is 1. The summed E-state index contributed by atoms with van der Waals surface area (Å²) in [5.74, 6) is 1.56. The predicted octanol–water partition coefficient (Wildman–Crippen LogP) is 3.21. The third-order valence-electron chi connectivity index (χ3n) is 7.09. The van der Waals surface area contributed by atoms with Gasteiger partial charge < -0.3 is 19.6 Å². The minimum atomic E-state index is -0.303. The van der Waals surface area contributed by atoms with Crippen LogP contribution in [0.4, 0.5) is 17.3 Å². The summed E-state index contributed by atoms with van der Waals surface area (Å²) in [5.41, 5.74) is 0.789. The van der Waals surface area contributed by atoms with Crippen molar-refractivity contribution in [2.45, 2.75) is 32.1 Å². The molecule has 0 bridgehead atoms. The number of amides is 2. The van der Waals surface area contributed by atoms with Gasteiger partial charge in [-0.1, -0.05) is 24.4 Å². The number of halogens is 1. The second-order valence-corrected chi connectivity index (χ2v) is 9.78. The fraction of sp³-hybridized carbons (Fsp3) is 0.520. The van der Waals surface area contributed by atoms with Crippen LogP contribution in [0.1, 0.15) is 32.1 Å². The molecule has 0 spiro atoms. The summed E-state index contributed by atoms with van der Waals surface area (Å²) in [7, 11) is 0. The molecule has 2 amide bonds. The highest BCUT2D eigenvalue weighted by atomic mass is 35.5. The van der Waals surface area contributed by atoms with Gasteiger partial charge in [0.1, 0.15) is 0 Å². The Bertz CT molecular complexity index is 999. The maximum atomic E-state index is 13.1. The van der Waals surface area contributed by atoms with E-state index in [-0.39, 0.29) is 24.2 Å². The summed E-state index contributed by atoms with van der Waals surface area (Å²) in [6.45, 7) is 5.20. The maximum Gasteiger partial charge on any atom is 0.228 e. The van der Waals surface area contributed by atoms with Crippen molar-refractivity contribution in [1.82, 2.24) is 15.1 Å². The highest BCUT2D eigenvalue weighted by Crippen LogP contribution is 2.28. The van der Waals surface area contributed by atoms with Gasteiger partial charge in [0.15, 0.2) is 11.6 Å². The lowest BCUT2D eigenvalue weighted by atomic mass is 10.1. The lowest BCUT2D eigenvalue weighted by Crippen LogP contribution is -2.51. The van der Waals surface area contributed by atoms with Gasteiger partial charge in [-0.25, -0.2) is 0 Å². The zero-order chi connectivity index (χ0) is 23.5. The number of hydrogen-bond donors (Lipinski definition) is 0. The lowest BCUT2D eigenvalue weighted by Gasteiger charge is -2.36. The van der Waals surface area contributed by atoms with Crippen molar-refractivity contribution in [2.24, 2.45) is 5.92 Å². The van der Waals surface area contributed by atoms with E-state index in [0.29, 0.717) is 37.7 Å². The minimum Gasteiger partial charge on any atom is -0.355 e. The summed E-state index contributed by atoms with van der Waals surface area (Å²) in [5, 5.41) is 9.60. The molecule has 4 heterocycles. The number of carbonyl (C=O) groups excluding carboxylic acids is 2. The van der Waals surface area contributed by atoms with Gasteiger partial charge in [0.2, 0.25) is 11.8 Å². The maximum absolute atomic E-state index is 13.1. The number of rotatable bonds is 4. The van der Waals surface area contributed by atoms with Crippen LogP contribution in [0.25, 0.3) is 0 Å². The van der Waals surface area contributed by atoms with E-state index in [0.717, 1.165) is 30.4 Å². The van der Waals surface area contributed by atoms with Crippen LogP contribution >= 0.6 is 11.6 Å². The smallest absolute Gasteiger partial charge is 0.228 e. The first-order valence-electron chi connectivity index (χ1n) is 12.3. The summed E-state index contributed by atoms with van der Waals surface area (Å²) >= 11 is 5.96. The highest BCUT2D eigenvalue weighted by Gasteiger charge is 2.38. The molecule has 3 aliphatic rings. The van der Waals surface area contributed by atoms with Crippen LogP contribution in [0.3, 0.4) is 0 Å². The second-order valence-electron chi connectivity index (χ2n) is 9.35. The standard InChI is InChI=1S/C25H31ClN6O2/c26-20-5-7-21(8-6-20)32-18-19(17-24(32)33)25(34)31-15-13-30(14-16-31)23-10-9-22(27-28-23)29-11-3-1-2-4-12-29/h5-10,19H,1-4,11-18H2. The van der Waals surface area contributed by atoms with E-state index in [4.69, 9.17) is 11.6 Å². The van der Waals surface area contributed by atoms with Gasteiger partial charge in [-0.05, 0) is 49.2 Å². The molecule has 3 aliphatic heterocycles. The SMILES string of the molecule is O=C(C1CC(=O)N(c2ccc(Cl)cc2)C1)N1CCN(c2ccc(N3CCCCCC3)nn2)CC1. The Kier molecular flexibility index (Phi) is 6.85. The molecule has 34 heavy (non-hydrogen) atoms. The van der Waals surface area contributed by atoms with Crippen molar-refractivity contribution in [3.63, 3.8) is 0 Å². The second kappa shape index (κ2) is 10.2. The van der Waals surface area contributed by atoms with Crippen LogP contribution in [0.2, 0.25) is 5.02 Å². The van der Waals surface area contributed by atoms with Crippen LogP contribution in [0.15, 0.2) is 36.4 Å². The van der Waals surface area contributed by atoms with E-state index >= 15 is 0 Å². The first-order valence-corrected chi connectivity index (χ1v) is 12.6. The van der Waals surface area contributed by atoms with E-state index < -0.39 is 0 Å². The molecular weight excluding hydrogens is 452 g/mol. The zero-order valence-electron chi connectivity index (χ0n) is 19.4. The molecule has 0 N–H and O–H groups in total. The van der Waals surface area contributed by atoms with E-state index in [1.165, 1.54) is 25.7 Å². The van der Waals surface area contributed by atoms with Gasteiger partial charge >= 0.3 is 0 Å². The normalized spacial score (nSPS) is 21.7. The Morgan fingerprint density at radius 3 is 1.97 bits per heavy atom. The molecule has 1 unspecified atom stereocenters. The molecule has 3 fully saturated rings. The molecule has 180 valence electrons. The molecular formula is C25H31ClN6O2. The molecule has 0 radical (unpaired) electrons. The number of nitrogens with zero attached hydrogens (tertiary/aromatic N) is 6. The van der Waals surface area contributed by atoms with Crippen molar-refractivity contribution in [1.29, 1.82) is 0 Å². The Balaban J connectivity index is 1.15. The van der Waals surface area contributed by atoms with Gasteiger partial charge in [0.25, 0.3) is 0 Å². The molecule has 1 aromatic heterocycles. The van der Waals surface area contributed by atoms with Crippen LogP contribution in [-0.4, -0.2) is 72.7 Å². The van der Waals surface area contributed by atoms with Gasteiger partial charge in [0.05, 0.1) is 5.92 Å². The summed E-state index contributed by atoms with van der Waals surface area (Å²) < 4.78 is 0. The number of hydrogen-bond acceptors (Lipinski definition) is 6. The highest BCUT2D eigenvalue weighted by molar-refractivity contribution is 6.30. The van der Waals surface area contributed by atoms with Crippen molar-refractivity contribution in [3.05, 3.63) is 41.4 Å². The Morgan fingerprint density at radius 1 is 0.794 bits per heavy atom. The van der Waals surface area contributed by atoms with Crippen LogP contribution < -0.4 is 14.7 Å². The molecule has 8 nitrogen and oxygen atoms in total. The Morgan fingerprint density at radius 2 is 1.38 bits per heavy atom. The average Bonchev–Trinajstić information content (AvgIpc) is 3.07. The Hall–Kier alpha value is -2.87. The monoisotopic (exact) mass is 482 g/mol. The van der Waals surface area contributed by atoms with E-state index in [1.807, 2.05) is 23.1 Å². The first-order chi connectivity index (χ1) is 16.6. The average molecular weight is 483 g/mol. The molecule has 1 aromatic carbocycles. The molecule has 0 aliphatic carbocycles. The molecule has 0 saturated carbocycles. The Labute approximate surface area is 205 Å². The van der Waals surface area contributed by atoms with Crippen LogP contribution in [-0.2, 0) is 9.59 Å². The molecule has 5 rings (SSSR count). The summed E-state index contributed by atoms with van der Waals surface area (Å²) in [4.78, 5) is 33.8. The van der Waals surface area contributed by atoms with Crippen molar-refractivity contribution < 1.29 is 9.59 Å². The number of anilines is 3. The quantitative estimate of drug-likeness (QED) is 0.666. The number of benzene rings is 1. The van der Waals surface area contributed by atoms with Gasteiger partial charge in [-0.15, -0.1) is 10.2 Å². The van der Waals surface area contributed by atoms with Gasteiger partial charge in [0, 0.05) is 62.9 Å². The van der Waals surface area contributed by atoms with Crippen molar-refractivity contribution >= 4 is 40.7 Å². The molecule has 1 atom stereocenters. The molecule has 2 aromatic rings. The van der Waals surface area contributed by atoms with Crippen molar-refractivity contribution in [3.8, 4) is 0 Å². The number of carbonyl (C=O) groups is 2. The largest absolute Gasteiger partial charge is 0.355 e. The van der Waals surface area contributed by atoms with E-state index in [2.05, 4.69) is 26.1 Å². The fourth-order valence-corrected chi connectivity index (χ4v) is 5.24. The number of aromatic nitrogens is 2. The summed E-state index contributed by atoms with van der Waals surface area (Å²) in [6.07, 6.45) is 5.26. The van der Waals surface area contributed by atoms with Gasteiger partial charge in [-0.3, -0.25) is 9.59 Å². The van der Waals surface area contributed by atoms with Crippen LogP contribution in [0.5, 0.6) is 0 Å². The van der Waals surface area contributed by atoms with Crippen LogP contribution in [0, 0.1) is 5.92 Å². The fourth-order valence-electron chi connectivity index (χ4n) is 5.11. The van der Waals surface area contributed by atoms with Crippen molar-refractivity contribution in [2.75, 3.05) is 60.5 Å². The van der Waals surface area contributed by atoms with E-state index in [1.54, 1.807) is 17.0 Å². The topological polar surface area (TPSA) is 72.9 Å². The predicted molar refractivity (Wildman–Crippen MR) is 133 cm³/mol. The lowest BCUT2D eigenvalue weighted by molar-refractivity contribution is -0.136. The molecule has 3 saturated heterocycles. The minimum absolute atomic E-state index is 0.0147.